The van der Waals surface area contributed by atoms with E-state index in [2.05, 4.69) is 31.2 Å². The number of carbonyl (C=O) groups is 1. The van der Waals surface area contributed by atoms with Crippen LogP contribution in [0.25, 0.3) is 10.8 Å². The fourth-order valence-corrected chi connectivity index (χ4v) is 4.67. The summed E-state index contributed by atoms with van der Waals surface area (Å²) in [6.45, 7) is 4.36. The van der Waals surface area contributed by atoms with Crippen molar-refractivity contribution < 1.29 is 14.3 Å². The minimum absolute atomic E-state index is 0.0671. The van der Waals surface area contributed by atoms with Crippen LogP contribution >= 0.6 is 0 Å². The summed E-state index contributed by atoms with van der Waals surface area (Å²) in [6.07, 6.45) is 0. The second-order valence-corrected chi connectivity index (χ2v) is 7.13. The summed E-state index contributed by atoms with van der Waals surface area (Å²) in [5.41, 5.74) is 1.37. The van der Waals surface area contributed by atoms with Gasteiger partial charge in [0, 0.05) is 11.5 Å². The van der Waals surface area contributed by atoms with Crippen molar-refractivity contribution in [1.82, 2.24) is 0 Å². The van der Waals surface area contributed by atoms with Gasteiger partial charge in [-0.15, -0.1) is 0 Å². The Morgan fingerprint density at radius 2 is 1.70 bits per heavy atom. The first-order valence-electron chi connectivity index (χ1n) is 9.44. The third kappa shape index (κ3) is 2.53. The van der Waals surface area contributed by atoms with Crippen molar-refractivity contribution in [3.63, 3.8) is 0 Å². The molecule has 3 heteroatoms. The zero-order chi connectivity index (χ0) is 19.0. The minimum atomic E-state index is -0.733. The van der Waals surface area contributed by atoms with Crippen LogP contribution < -0.4 is 4.74 Å². The van der Waals surface area contributed by atoms with Crippen LogP contribution in [0.15, 0.2) is 66.7 Å². The Morgan fingerprint density at radius 3 is 2.41 bits per heavy atom. The molecule has 0 spiro atoms. The average Bonchev–Trinajstić information content (AvgIpc) is 3.33. The van der Waals surface area contributed by atoms with Crippen molar-refractivity contribution in [2.24, 2.45) is 5.92 Å². The molecule has 0 aliphatic heterocycles. The van der Waals surface area contributed by atoms with E-state index in [1.807, 2.05) is 49.4 Å². The summed E-state index contributed by atoms with van der Waals surface area (Å²) in [5, 5.41) is 2.15. The van der Waals surface area contributed by atoms with Gasteiger partial charge in [-0.3, -0.25) is 4.79 Å². The zero-order valence-corrected chi connectivity index (χ0v) is 15.9. The predicted octanol–water partition coefficient (Wildman–Crippen LogP) is 5.08. The highest BCUT2D eigenvalue weighted by molar-refractivity contribution is 5.99. The number of rotatable bonds is 5. The summed E-state index contributed by atoms with van der Waals surface area (Å²) in [4.78, 5) is 13.4. The van der Waals surface area contributed by atoms with Crippen molar-refractivity contribution in [1.29, 1.82) is 0 Å². The van der Waals surface area contributed by atoms with Crippen molar-refractivity contribution in [3.8, 4) is 5.75 Å². The fourth-order valence-electron chi connectivity index (χ4n) is 4.67. The number of methoxy groups -OCH3 is 1. The van der Waals surface area contributed by atoms with Gasteiger partial charge in [0.25, 0.3) is 0 Å². The molecule has 3 aromatic rings. The van der Waals surface area contributed by atoms with E-state index in [0.717, 1.165) is 27.6 Å². The van der Waals surface area contributed by atoms with Crippen molar-refractivity contribution >= 4 is 16.7 Å². The third-order valence-electron chi connectivity index (χ3n) is 5.90. The van der Waals surface area contributed by atoms with Gasteiger partial charge in [0.2, 0.25) is 0 Å². The lowest BCUT2D eigenvalue weighted by atomic mass is 9.85. The number of esters is 1. The van der Waals surface area contributed by atoms with Crippen molar-refractivity contribution in [3.05, 3.63) is 77.9 Å². The lowest BCUT2D eigenvalue weighted by Crippen LogP contribution is -2.27. The first-order valence-corrected chi connectivity index (χ1v) is 9.44. The highest BCUT2D eigenvalue weighted by atomic mass is 16.5. The maximum Gasteiger partial charge on any atom is 0.317 e. The third-order valence-corrected chi connectivity index (χ3v) is 5.90. The van der Waals surface area contributed by atoms with Crippen LogP contribution in [-0.4, -0.2) is 19.7 Å². The molecule has 1 fully saturated rings. The minimum Gasteiger partial charge on any atom is -0.496 e. The maximum absolute atomic E-state index is 13.4. The van der Waals surface area contributed by atoms with Crippen LogP contribution in [0.5, 0.6) is 5.75 Å². The van der Waals surface area contributed by atoms with E-state index in [1.54, 1.807) is 7.11 Å². The second kappa shape index (κ2) is 6.73. The van der Waals surface area contributed by atoms with Crippen molar-refractivity contribution in [2.75, 3.05) is 13.7 Å². The molecule has 0 saturated heterocycles. The van der Waals surface area contributed by atoms with E-state index >= 15 is 0 Å². The van der Waals surface area contributed by atoms with Gasteiger partial charge in [-0.25, -0.2) is 0 Å². The number of carbonyl (C=O) groups excluding carboxylic acids is 1. The lowest BCUT2D eigenvalue weighted by Gasteiger charge is -2.22. The van der Waals surface area contributed by atoms with Crippen molar-refractivity contribution in [2.45, 2.75) is 25.2 Å². The topological polar surface area (TPSA) is 35.5 Å². The Hall–Kier alpha value is -2.81. The highest BCUT2D eigenvalue weighted by Gasteiger charge is 2.70. The summed E-state index contributed by atoms with van der Waals surface area (Å²) in [5.74, 6) is 0.768. The van der Waals surface area contributed by atoms with E-state index < -0.39 is 5.41 Å². The molecule has 138 valence electrons. The fraction of sp³-hybridized carbons (Fsp3) is 0.292. The molecule has 0 bridgehead atoms. The largest absolute Gasteiger partial charge is 0.496 e. The quantitative estimate of drug-likeness (QED) is 0.595. The van der Waals surface area contributed by atoms with Crippen LogP contribution in [0.4, 0.5) is 0 Å². The molecule has 1 aliphatic carbocycles. The number of fused-ring (bicyclic) bond motifs is 1. The molecule has 4 rings (SSSR count). The van der Waals surface area contributed by atoms with Crippen LogP contribution in [0, 0.1) is 5.92 Å². The molecule has 3 nitrogen and oxygen atoms in total. The first-order chi connectivity index (χ1) is 13.2. The molecule has 3 unspecified atom stereocenters. The van der Waals surface area contributed by atoms with Gasteiger partial charge >= 0.3 is 5.97 Å². The lowest BCUT2D eigenvalue weighted by molar-refractivity contribution is -0.146. The monoisotopic (exact) mass is 360 g/mol. The Balaban J connectivity index is 2.00. The molecule has 0 amide bonds. The molecule has 1 saturated carbocycles. The van der Waals surface area contributed by atoms with E-state index in [-0.39, 0.29) is 17.8 Å². The summed E-state index contributed by atoms with van der Waals surface area (Å²) >= 11 is 0. The van der Waals surface area contributed by atoms with Gasteiger partial charge in [-0.05, 0) is 35.2 Å². The SMILES string of the molecule is CCOC(=O)C1(c2c(OC)ccc3ccccc23)C(C)C1c1ccccc1. The number of benzene rings is 3. The zero-order valence-electron chi connectivity index (χ0n) is 15.9. The van der Waals surface area contributed by atoms with Crippen LogP contribution in [-0.2, 0) is 14.9 Å². The van der Waals surface area contributed by atoms with E-state index in [4.69, 9.17) is 9.47 Å². The number of hydrogen-bond donors (Lipinski definition) is 0. The van der Waals surface area contributed by atoms with Gasteiger partial charge in [0.15, 0.2) is 0 Å². The molecule has 0 aromatic heterocycles. The molecule has 0 N–H and O–H groups in total. The smallest absolute Gasteiger partial charge is 0.317 e. The van der Waals surface area contributed by atoms with Crippen LogP contribution in [0.1, 0.15) is 30.9 Å². The van der Waals surface area contributed by atoms with E-state index in [9.17, 15) is 4.79 Å². The number of hydrogen-bond acceptors (Lipinski definition) is 3. The molecule has 27 heavy (non-hydrogen) atoms. The molecule has 1 aliphatic rings. The standard InChI is InChI=1S/C24H24O3/c1-4-27-23(25)24(16(2)21(24)18-11-6-5-7-12-18)22-19-13-9-8-10-17(19)14-15-20(22)26-3/h5-16,21H,4H2,1-3H3. The van der Waals surface area contributed by atoms with Gasteiger partial charge in [-0.2, -0.15) is 0 Å². The van der Waals surface area contributed by atoms with Gasteiger partial charge in [-0.1, -0.05) is 67.6 Å². The maximum atomic E-state index is 13.4. The molecule has 3 atom stereocenters. The van der Waals surface area contributed by atoms with Gasteiger partial charge in [0.05, 0.1) is 13.7 Å². The second-order valence-electron chi connectivity index (χ2n) is 7.13. The first kappa shape index (κ1) is 17.6. The summed E-state index contributed by atoms with van der Waals surface area (Å²) in [7, 11) is 1.66. The van der Waals surface area contributed by atoms with E-state index in [1.165, 1.54) is 0 Å². The highest BCUT2D eigenvalue weighted by Crippen LogP contribution is 2.68. The average molecular weight is 360 g/mol. The Bertz CT molecular complexity index is 979. The number of ether oxygens (including phenoxy) is 2. The molecule has 0 heterocycles. The van der Waals surface area contributed by atoms with Crippen LogP contribution in [0.3, 0.4) is 0 Å². The Labute approximate surface area is 159 Å². The summed E-state index contributed by atoms with van der Waals surface area (Å²) in [6, 6.07) is 22.4. The molecule has 3 aromatic carbocycles. The van der Waals surface area contributed by atoms with Crippen LogP contribution in [0.2, 0.25) is 0 Å². The van der Waals surface area contributed by atoms with Gasteiger partial charge in [0.1, 0.15) is 11.2 Å². The summed E-state index contributed by atoms with van der Waals surface area (Å²) < 4.78 is 11.3. The normalized spacial score (nSPS) is 23.8. The Morgan fingerprint density at radius 1 is 1.00 bits per heavy atom. The predicted molar refractivity (Wildman–Crippen MR) is 107 cm³/mol. The Kier molecular flexibility index (Phi) is 4.39. The molecular formula is C24H24O3. The molecule has 0 radical (unpaired) electrons. The van der Waals surface area contributed by atoms with Gasteiger partial charge < -0.3 is 9.47 Å². The van der Waals surface area contributed by atoms with E-state index in [0.29, 0.717) is 6.61 Å². The molecular weight excluding hydrogens is 336 g/mol.